The number of benzene rings is 2. The Morgan fingerprint density at radius 2 is 1.77 bits per heavy atom. The summed E-state index contributed by atoms with van der Waals surface area (Å²) in [5, 5.41) is 1.28. The molecular formula is C22H25ClN2S. The largest absolute Gasteiger partial charge is 0.336 e. The molecule has 1 heterocycles. The summed E-state index contributed by atoms with van der Waals surface area (Å²) < 4.78 is 2.18. The van der Waals surface area contributed by atoms with E-state index in [-0.39, 0.29) is 0 Å². The van der Waals surface area contributed by atoms with E-state index in [1.807, 2.05) is 42.6 Å². The van der Waals surface area contributed by atoms with E-state index < -0.39 is 0 Å². The van der Waals surface area contributed by atoms with Crippen molar-refractivity contribution in [3.8, 4) is 0 Å². The molecule has 0 N–H and O–H groups in total. The minimum atomic E-state index is 0.486. The molecule has 0 radical (unpaired) electrons. The maximum atomic E-state index is 6.01. The lowest BCUT2D eigenvalue weighted by Gasteiger charge is -2.20. The highest BCUT2D eigenvalue weighted by Crippen LogP contribution is 2.33. The molecule has 26 heavy (non-hydrogen) atoms. The fourth-order valence-corrected chi connectivity index (χ4v) is 4.75. The molecule has 0 aliphatic carbocycles. The third-order valence-electron chi connectivity index (χ3n) is 4.53. The number of hydrogen-bond donors (Lipinski definition) is 0. The van der Waals surface area contributed by atoms with Crippen molar-refractivity contribution in [3.05, 3.63) is 82.4 Å². The molecule has 136 valence electrons. The minimum absolute atomic E-state index is 0.486. The fraction of sp³-hybridized carbons (Fsp3) is 0.318. The van der Waals surface area contributed by atoms with Crippen LogP contribution in [-0.2, 0) is 13.0 Å². The van der Waals surface area contributed by atoms with Gasteiger partial charge in [0.25, 0.3) is 0 Å². The van der Waals surface area contributed by atoms with Crippen molar-refractivity contribution >= 4 is 23.4 Å². The first-order valence-corrected chi connectivity index (χ1v) is 10.2. The number of rotatable bonds is 7. The lowest BCUT2D eigenvalue weighted by molar-refractivity contribution is 0.623. The van der Waals surface area contributed by atoms with Crippen LogP contribution in [0.3, 0.4) is 0 Å². The highest BCUT2D eigenvalue weighted by molar-refractivity contribution is 8.00. The lowest BCUT2D eigenvalue weighted by atomic mass is 10.1. The quantitative estimate of drug-likeness (QED) is 0.447. The van der Waals surface area contributed by atoms with Crippen LogP contribution < -0.4 is 0 Å². The van der Waals surface area contributed by atoms with Gasteiger partial charge in [-0.15, -0.1) is 11.8 Å². The monoisotopic (exact) mass is 384 g/mol. The van der Waals surface area contributed by atoms with Crippen molar-refractivity contribution in [3.63, 3.8) is 0 Å². The summed E-state index contributed by atoms with van der Waals surface area (Å²) in [6.07, 6.45) is 7.96. The molecule has 0 saturated heterocycles. The van der Waals surface area contributed by atoms with Gasteiger partial charge in [0.2, 0.25) is 0 Å². The third-order valence-corrected chi connectivity index (χ3v) is 6.38. The Morgan fingerprint density at radius 1 is 1.08 bits per heavy atom. The smallest absolute Gasteiger partial charge is 0.0946 e. The molecule has 1 atom stereocenters. The molecular weight excluding hydrogens is 360 g/mol. The van der Waals surface area contributed by atoms with Gasteiger partial charge in [0.1, 0.15) is 0 Å². The molecule has 1 aromatic heterocycles. The molecule has 3 aromatic rings. The van der Waals surface area contributed by atoms with Crippen LogP contribution in [0.25, 0.3) is 0 Å². The molecule has 3 rings (SSSR count). The van der Waals surface area contributed by atoms with E-state index in [1.165, 1.54) is 27.1 Å². The van der Waals surface area contributed by atoms with Crippen LogP contribution in [0.15, 0.2) is 60.0 Å². The van der Waals surface area contributed by atoms with Crippen molar-refractivity contribution in [2.24, 2.45) is 0 Å². The second kappa shape index (κ2) is 8.79. The van der Waals surface area contributed by atoms with Crippen LogP contribution in [0.2, 0.25) is 5.02 Å². The first kappa shape index (κ1) is 19.1. The standard InChI is InChI=1S/C22H25ClN2S/c1-16-12-17(2)22(18(3)13-16)26-21(14-25-11-10-24-15-25)9-6-19-4-7-20(23)8-5-19/h4-5,7-8,10-13,15,21H,6,9,14H2,1-3H3. The average molecular weight is 385 g/mol. The van der Waals surface area contributed by atoms with Gasteiger partial charge in [-0.25, -0.2) is 4.98 Å². The SMILES string of the molecule is Cc1cc(C)c(SC(CCc2ccc(Cl)cc2)Cn2ccnc2)c(C)c1. The predicted molar refractivity (Wildman–Crippen MR) is 112 cm³/mol. The maximum Gasteiger partial charge on any atom is 0.0946 e. The lowest BCUT2D eigenvalue weighted by Crippen LogP contribution is -2.14. The Labute approximate surface area is 165 Å². The van der Waals surface area contributed by atoms with E-state index in [9.17, 15) is 0 Å². The Kier molecular flexibility index (Phi) is 6.44. The summed E-state index contributed by atoms with van der Waals surface area (Å²) in [7, 11) is 0. The predicted octanol–water partition coefficient (Wildman–Crippen LogP) is 6.26. The first-order chi connectivity index (χ1) is 12.5. The van der Waals surface area contributed by atoms with Gasteiger partial charge in [-0.2, -0.15) is 0 Å². The highest BCUT2D eigenvalue weighted by atomic mass is 35.5. The molecule has 4 heteroatoms. The summed E-state index contributed by atoms with van der Waals surface area (Å²) in [4.78, 5) is 5.61. The van der Waals surface area contributed by atoms with E-state index in [2.05, 4.69) is 54.6 Å². The van der Waals surface area contributed by atoms with Gasteiger partial charge in [0.15, 0.2) is 0 Å². The topological polar surface area (TPSA) is 17.8 Å². The molecule has 0 spiro atoms. The van der Waals surface area contributed by atoms with Crippen molar-refractivity contribution in [2.45, 2.75) is 50.3 Å². The van der Waals surface area contributed by atoms with E-state index in [0.717, 1.165) is 24.4 Å². The number of aryl methyl sites for hydroxylation is 4. The van der Waals surface area contributed by atoms with Gasteiger partial charge in [-0.1, -0.05) is 41.4 Å². The molecule has 0 fully saturated rings. The first-order valence-electron chi connectivity index (χ1n) is 8.96. The zero-order valence-electron chi connectivity index (χ0n) is 15.6. The average Bonchev–Trinajstić information content (AvgIpc) is 3.10. The van der Waals surface area contributed by atoms with Gasteiger partial charge in [-0.05, 0) is 62.4 Å². The summed E-state index contributed by atoms with van der Waals surface area (Å²) >= 11 is 8.01. The van der Waals surface area contributed by atoms with Gasteiger partial charge >= 0.3 is 0 Å². The molecule has 0 bridgehead atoms. The number of nitrogens with zero attached hydrogens (tertiary/aromatic N) is 2. The Morgan fingerprint density at radius 3 is 2.38 bits per heavy atom. The number of hydrogen-bond acceptors (Lipinski definition) is 2. The van der Waals surface area contributed by atoms with Crippen LogP contribution in [0.4, 0.5) is 0 Å². The van der Waals surface area contributed by atoms with E-state index in [1.54, 1.807) is 0 Å². The molecule has 0 saturated carbocycles. The molecule has 0 aliphatic rings. The van der Waals surface area contributed by atoms with Crippen molar-refractivity contribution in [1.29, 1.82) is 0 Å². The summed E-state index contributed by atoms with van der Waals surface area (Å²) in [5.74, 6) is 0. The Balaban J connectivity index is 1.76. The van der Waals surface area contributed by atoms with Crippen molar-refractivity contribution in [1.82, 2.24) is 9.55 Å². The zero-order valence-corrected chi connectivity index (χ0v) is 17.1. The Bertz CT molecular complexity index is 818. The van der Waals surface area contributed by atoms with Crippen molar-refractivity contribution < 1.29 is 0 Å². The number of halogens is 1. The fourth-order valence-electron chi connectivity index (χ4n) is 3.32. The van der Waals surface area contributed by atoms with E-state index in [0.29, 0.717) is 5.25 Å². The summed E-state index contributed by atoms with van der Waals surface area (Å²) in [6, 6.07) is 12.8. The van der Waals surface area contributed by atoms with Crippen LogP contribution in [-0.4, -0.2) is 14.8 Å². The summed E-state index contributed by atoms with van der Waals surface area (Å²) in [6.45, 7) is 7.56. The van der Waals surface area contributed by atoms with Crippen molar-refractivity contribution in [2.75, 3.05) is 0 Å². The zero-order chi connectivity index (χ0) is 18.5. The molecule has 2 nitrogen and oxygen atoms in total. The van der Waals surface area contributed by atoms with Gasteiger partial charge in [0.05, 0.1) is 6.33 Å². The van der Waals surface area contributed by atoms with Crippen LogP contribution in [0.1, 0.15) is 28.7 Å². The highest BCUT2D eigenvalue weighted by Gasteiger charge is 2.15. The normalized spacial score (nSPS) is 12.3. The molecule has 2 aromatic carbocycles. The van der Waals surface area contributed by atoms with E-state index >= 15 is 0 Å². The van der Waals surface area contributed by atoms with Crippen LogP contribution >= 0.6 is 23.4 Å². The van der Waals surface area contributed by atoms with Crippen LogP contribution in [0, 0.1) is 20.8 Å². The number of thioether (sulfide) groups is 1. The molecule has 0 aliphatic heterocycles. The molecule has 1 unspecified atom stereocenters. The van der Waals surface area contributed by atoms with E-state index in [4.69, 9.17) is 11.6 Å². The molecule has 0 amide bonds. The Hall–Kier alpha value is -1.71. The second-order valence-corrected chi connectivity index (χ2v) is 8.64. The van der Waals surface area contributed by atoms with Gasteiger partial charge < -0.3 is 4.57 Å². The van der Waals surface area contributed by atoms with Crippen LogP contribution in [0.5, 0.6) is 0 Å². The van der Waals surface area contributed by atoms with Gasteiger partial charge in [0, 0.05) is 34.1 Å². The minimum Gasteiger partial charge on any atom is -0.336 e. The third kappa shape index (κ3) is 5.15. The number of imidazole rings is 1. The summed E-state index contributed by atoms with van der Waals surface area (Å²) in [5.41, 5.74) is 5.41. The maximum absolute atomic E-state index is 6.01. The van der Waals surface area contributed by atoms with Gasteiger partial charge in [-0.3, -0.25) is 0 Å². The second-order valence-electron chi connectivity index (χ2n) is 6.89. The number of aromatic nitrogens is 2.